The van der Waals surface area contributed by atoms with Crippen molar-refractivity contribution < 1.29 is 143 Å². The van der Waals surface area contributed by atoms with Gasteiger partial charge < -0.3 is 143 Å². The topological polar surface area (TPSA) is 397 Å². The Morgan fingerprint density at radius 1 is 0.275 bits per heavy atom. The number of ether oxygens (including phenoxy) is 16. The zero-order valence-corrected chi connectivity index (χ0v) is 41.5. The van der Waals surface area contributed by atoms with E-state index in [-0.39, 0.29) is 66.1 Å². The Labute approximate surface area is 401 Å². The van der Waals surface area contributed by atoms with Crippen LogP contribution in [0.1, 0.15) is 0 Å². The third-order valence-corrected chi connectivity index (χ3v) is 9.97. The molecule has 1 saturated carbocycles. The van der Waals surface area contributed by atoms with Crippen molar-refractivity contribution in [1.82, 2.24) is 0 Å². The van der Waals surface area contributed by atoms with Gasteiger partial charge in [-0.1, -0.05) is 0 Å². The van der Waals surface area contributed by atoms with Crippen molar-refractivity contribution in [1.29, 1.82) is 0 Å². The van der Waals surface area contributed by atoms with Crippen molar-refractivity contribution in [2.45, 2.75) is 36.6 Å². The van der Waals surface area contributed by atoms with Crippen LogP contribution in [0.5, 0.6) is 0 Å². The molecule has 0 heterocycles. The Kier molecular flexibility index (Phi) is 41.4. The van der Waals surface area contributed by atoms with Crippen LogP contribution in [0.15, 0.2) is 0 Å². The van der Waals surface area contributed by atoms with Crippen molar-refractivity contribution in [3.8, 4) is 0 Å². The maximum absolute atomic E-state index is 12.0. The van der Waals surface area contributed by atoms with E-state index in [0.717, 1.165) is 0 Å². The van der Waals surface area contributed by atoms with Gasteiger partial charge in [0.2, 0.25) is 0 Å². The maximum atomic E-state index is 12.0. The van der Waals surface area contributed by atoms with Crippen LogP contribution in [0.3, 0.4) is 0 Å². The van der Waals surface area contributed by atoms with Gasteiger partial charge in [-0.25, -0.2) is 0 Å². The number of hydrogen-bond acceptors (Lipinski definition) is 30. The molecule has 0 radical (unpaired) electrons. The molecule has 0 aliphatic heterocycles. The number of rotatable bonds is 51. The molecule has 0 N–H and O–H groups in total. The van der Waals surface area contributed by atoms with Gasteiger partial charge in [0.05, 0.1) is 208 Å². The predicted octanol–water partition coefficient (Wildman–Crippen LogP) is -6.44. The van der Waals surface area contributed by atoms with E-state index in [1.54, 1.807) is 14.2 Å². The first kappa shape index (κ1) is 66.6. The molecule has 414 valence electrons. The van der Waals surface area contributed by atoms with Crippen molar-refractivity contribution in [2.75, 3.05) is 199 Å². The number of hydrogen-bond donors (Lipinski definition) is 0. The maximum Gasteiger partial charge on any atom is 0.121 e. The molecule has 30 nitrogen and oxygen atoms in total. The van der Waals surface area contributed by atoms with E-state index >= 15 is 0 Å². The molecular formula is C36H68O30P3-7. The van der Waals surface area contributed by atoms with Gasteiger partial charge >= 0.3 is 0 Å². The molecular weight excluding hydrogens is 1010 g/mol. The molecule has 0 aromatic heterocycles. The Morgan fingerprint density at radius 2 is 0.449 bits per heavy atom. The molecule has 0 bridgehead atoms. The molecule has 1 rings (SSSR count). The fourth-order valence-corrected chi connectivity index (χ4v) is 7.21. The third-order valence-electron chi connectivity index (χ3n) is 8.47. The van der Waals surface area contributed by atoms with Crippen molar-refractivity contribution in [3.63, 3.8) is 0 Å². The van der Waals surface area contributed by atoms with E-state index in [4.69, 9.17) is 75.8 Å². The van der Waals surface area contributed by atoms with Gasteiger partial charge in [-0.15, -0.1) is 0 Å². The molecule has 0 aromatic rings. The van der Waals surface area contributed by atoms with Crippen LogP contribution in [0.2, 0.25) is 0 Å². The van der Waals surface area contributed by atoms with Crippen molar-refractivity contribution >= 4 is 23.5 Å². The van der Waals surface area contributed by atoms with E-state index in [1.807, 2.05) is 0 Å². The minimum absolute atomic E-state index is 0.0310. The molecule has 0 amide bonds. The summed E-state index contributed by atoms with van der Waals surface area (Å²) in [7, 11) is -15.4. The Bertz CT molecular complexity index is 1310. The normalized spacial score (nSPS) is 20.3. The fraction of sp³-hybridized carbons (Fsp3) is 1.00. The van der Waals surface area contributed by atoms with Gasteiger partial charge in [0.1, 0.15) is 36.6 Å². The lowest BCUT2D eigenvalue weighted by Gasteiger charge is -2.54. The van der Waals surface area contributed by atoms with Crippen LogP contribution in [0, 0.1) is 0 Å². The molecule has 1 aliphatic rings. The first-order valence-corrected chi connectivity index (χ1v) is 26.1. The van der Waals surface area contributed by atoms with Crippen LogP contribution in [-0.2, 0) is 108 Å². The molecule has 0 saturated heterocycles. The predicted molar refractivity (Wildman–Crippen MR) is 215 cm³/mol. The number of phosphoric ester groups is 3. The third kappa shape index (κ3) is 38.8. The molecule has 6 atom stereocenters. The summed E-state index contributed by atoms with van der Waals surface area (Å²) in [5.74, 6) is 0. The van der Waals surface area contributed by atoms with Crippen LogP contribution in [0.4, 0.5) is 0 Å². The lowest BCUT2D eigenvalue weighted by molar-refractivity contribution is -0.710. The largest absolute Gasteiger partial charge is 0.790 e. The molecule has 0 aromatic carbocycles. The lowest BCUT2D eigenvalue weighted by Crippen LogP contribution is -2.68. The van der Waals surface area contributed by atoms with Gasteiger partial charge in [-0.05, 0) is 0 Å². The minimum atomic E-state index is -6.21. The van der Waals surface area contributed by atoms with Crippen LogP contribution >= 0.6 is 23.5 Å². The lowest BCUT2D eigenvalue weighted by atomic mass is 9.84. The average molecular weight is 1070 g/mol. The van der Waals surface area contributed by atoms with Gasteiger partial charge in [-0.2, -0.15) is 0 Å². The van der Waals surface area contributed by atoms with Gasteiger partial charge in [0.15, 0.2) is 0 Å². The minimum Gasteiger partial charge on any atom is -0.790 e. The SMILES string of the molecule is COCCOCCOCCOCCOCCOCCOCCOC1C(OP(=O)([O-])[O-])[C@H](OP(=O)([O-])[O-])[C@H](O[O-])C(OCCOCCOCCOCCOCCOCCOCCOC)[C@@H]1OP(=O)([O-])[O-]. The van der Waals surface area contributed by atoms with Crippen LogP contribution in [0.25, 0.3) is 0 Å². The van der Waals surface area contributed by atoms with E-state index in [0.29, 0.717) is 106 Å². The van der Waals surface area contributed by atoms with Gasteiger partial charge in [0, 0.05) is 14.2 Å². The summed E-state index contributed by atoms with van der Waals surface area (Å²) in [5.41, 5.74) is 0. The zero-order valence-electron chi connectivity index (χ0n) is 38.9. The summed E-state index contributed by atoms with van der Waals surface area (Å²) in [6, 6.07) is 0. The van der Waals surface area contributed by atoms with E-state index in [2.05, 4.69) is 18.5 Å². The molecule has 3 unspecified atom stereocenters. The monoisotopic (exact) mass is 1070 g/mol. The second-order valence-corrected chi connectivity index (χ2v) is 16.9. The quantitative estimate of drug-likeness (QED) is 0.0237. The standard InChI is InChI=1S/C36H75O30P3/c1-47-3-5-49-7-9-51-11-13-53-15-17-55-19-21-57-23-25-59-27-29-61-31-33(63-37)36(66-69(44,45)46)35(65-68(41,42)43)32(34(31)64-67(38,39)40)62-30-28-60-26-24-58-22-20-56-18-16-54-14-12-52-10-8-50-6-4-48-2/h31-37H,3-30H2,1-2H3,(H2,38,39,40)(H2,41,42,43)(H2,44,45,46)/p-7/t31?,32?,33-,34+,35?,36-/m1/s1. The highest BCUT2D eigenvalue weighted by Gasteiger charge is 2.55. The summed E-state index contributed by atoms with van der Waals surface area (Å²) >= 11 is 0. The summed E-state index contributed by atoms with van der Waals surface area (Å²) in [6.07, 6.45) is -14.6. The highest BCUT2D eigenvalue weighted by Crippen LogP contribution is 2.45. The highest BCUT2D eigenvalue weighted by molar-refractivity contribution is 7.43. The molecule has 1 fully saturated rings. The van der Waals surface area contributed by atoms with Gasteiger partial charge in [-0.3, -0.25) is 0 Å². The Balaban J connectivity index is 2.58. The summed E-state index contributed by atoms with van der Waals surface area (Å²) in [4.78, 5) is 74.9. The summed E-state index contributed by atoms with van der Waals surface area (Å²) in [6.45, 7) is 5.47. The molecule has 69 heavy (non-hydrogen) atoms. The van der Waals surface area contributed by atoms with Crippen molar-refractivity contribution in [3.05, 3.63) is 0 Å². The summed E-state index contributed by atoms with van der Waals surface area (Å²) in [5, 5.41) is 12.0. The van der Waals surface area contributed by atoms with E-state index in [9.17, 15) is 48.3 Å². The second-order valence-electron chi connectivity index (χ2n) is 13.6. The number of phosphoric acid groups is 3. The average Bonchev–Trinajstić information content (AvgIpc) is 3.28. The Hall–Kier alpha value is -0.390. The van der Waals surface area contributed by atoms with Crippen LogP contribution < -0.4 is 34.6 Å². The molecule has 0 spiro atoms. The molecule has 33 heteroatoms. The van der Waals surface area contributed by atoms with E-state index in [1.165, 1.54) is 0 Å². The van der Waals surface area contributed by atoms with Crippen molar-refractivity contribution in [2.24, 2.45) is 0 Å². The van der Waals surface area contributed by atoms with Crippen LogP contribution in [-0.4, -0.2) is 236 Å². The zero-order chi connectivity index (χ0) is 50.9. The van der Waals surface area contributed by atoms with Gasteiger partial charge in [0.25, 0.3) is 0 Å². The van der Waals surface area contributed by atoms with E-state index < -0.39 is 73.3 Å². The fourth-order valence-electron chi connectivity index (χ4n) is 5.59. The second kappa shape index (κ2) is 42.9. The Morgan fingerprint density at radius 3 is 0.652 bits per heavy atom. The smallest absolute Gasteiger partial charge is 0.121 e. The molecule has 1 aliphatic carbocycles. The highest BCUT2D eigenvalue weighted by atomic mass is 31.2. The first-order chi connectivity index (χ1) is 33.1. The first-order valence-electron chi connectivity index (χ1n) is 21.7. The number of methoxy groups -OCH3 is 2. The summed E-state index contributed by atoms with van der Waals surface area (Å²) < 4.78 is 134.